The number of carbonyl (C=O) groups is 2. The van der Waals surface area contributed by atoms with Crippen molar-refractivity contribution in [1.29, 1.82) is 0 Å². The van der Waals surface area contributed by atoms with Crippen molar-refractivity contribution < 1.29 is 19.1 Å². The van der Waals surface area contributed by atoms with Crippen molar-refractivity contribution in [2.24, 2.45) is 5.92 Å². The van der Waals surface area contributed by atoms with Gasteiger partial charge in [0.1, 0.15) is 5.75 Å². The van der Waals surface area contributed by atoms with E-state index in [0.29, 0.717) is 22.9 Å². The zero-order valence-corrected chi connectivity index (χ0v) is 13.1. The maximum atomic E-state index is 11.7. The summed E-state index contributed by atoms with van der Waals surface area (Å²) in [6, 6.07) is 4.88. The molecule has 1 amide bonds. The minimum atomic E-state index is -0.406. The van der Waals surface area contributed by atoms with Crippen molar-refractivity contribution >= 4 is 29.2 Å². The van der Waals surface area contributed by atoms with Crippen LogP contribution >= 0.6 is 11.6 Å². The number of halogens is 1. The van der Waals surface area contributed by atoms with Gasteiger partial charge in [0.2, 0.25) is 0 Å². The second kappa shape index (κ2) is 7.84. The molecule has 0 aliphatic heterocycles. The lowest BCUT2D eigenvalue weighted by atomic mass is 10.1. The van der Waals surface area contributed by atoms with E-state index in [-0.39, 0.29) is 18.5 Å². The molecule has 0 spiro atoms. The molecule has 1 atom stereocenters. The van der Waals surface area contributed by atoms with E-state index in [0.717, 1.165) is 12.8 Å². The van der Waals surface area contributed by atoms with Gasteiger partial charge in [0.15, 0.2) is 6.61 Å². The van der Waals surface area contributed by atoms with E-state index >= 15 is 0 Å². The molecule has 5 nitrogen and oxygen atoms in total. The molecular weight excluding hydrogens is 306 g/mol. The lowest BCUT2D eigenvalue weighted by Crippen LogP contribution is -2.21. The van der Waals surface area contributed by atoms with Gasteiger partial charge in [-0.25, -0.2) is 0 Å². The number of allylic oxidation sites excluding steroid dienone is 2. The first-order valence-corrected chi connectivity index (χ1v) is 7.42. The number of carbonyl (C=O) groups excluding carboxylic acids is 2. The smallest absolute Gasteiger partial charge is 0.306 e. The number of benzene rings is 1. The average molecular weight is 324 g/mol. The Morgan fingerprint density at radius 3 is 2.86 bits per heavy atom. The van der Waals surface area contributed by atoms with Crippen LogP contribution in [0.3, 0.4) is 0 Å². The molecule has 0 heterocycles. The topological polar surface area (TPSA) is 64.6 Å². The number of hydrogen-bond donors (Lipinski definition) is 1. The Hall–Kier alpha value is -2.01. The molecule has 118 valence electrons. The number of nitrogens with one attached hydrogen (secondary N) is 1. The fourth-order valence-electron chi connectivity index (χ4n) is 2.23. The van der Waals surface area contributed by atoms with E-state index in [4.69, 9.17) is 21.1 Å². The van der Waals surface area contributed by atoms with Gasteiger partial charge in [-0.05, 0) is 37.0 Å². The van der Waals surface area contributed by atoms with Crippen LogP contribution in [0, 0.1) is 5.92 Å². The second-order valence-electron chi connectivity index (χ2n) is 5.03. The van der Waals surface area contributed by atoms with E-state index < -0.39 is 5.91 Å². The monoisotopic (exact) mass is 323 g/mol. The molecule has 0 aromatic heterocycles. The highest BCUT2D eigenvalue weighted by atomic mass is 35.5. The van der Waals surface area contributed by atoms with Gasteiger partial charge in [-0.3, -0.25) is 9.59 Å². The Labute approximate surface area is 134 Å². The second-order valence-corrected chi connectivity index (χ2v) is 5.44. The van der Waals surface area contributed by atoms with Crippen LogP contribution in [0.15, 0.2) is 30.4 Å². The minimum absolute atomic E-state index is 0.232. The van der Waals surface area contributed by atoms with Crippen LogP contribution in [0.25, 0.3) is 0 Å². The Bertz CT molecular complexity index is 586. The van der Waals surface area contributed by atoms with Crippen LogP contribution in [-0.4, -0.2) is 25.6 Å². The first-order chi connectivity index (χ1) is 10.6. The maximum absolute atomic E-state index is 11.7. The molecule has 6 heteroatoms. The first-order valence-electron chi connectivity index (χ1n) is 7.04. The SMILES string of the molecule is COc1ccc(NC(=O)COC(=O)C[C@H]2C=CCC2)cc1Cl. The van der Waals surface area contributed by atoms with Crippen molar-refractivity contribution in [2.45, 2.75) is 19.3 Å². The number of methoxy groups -OCH3 is 1. The van der Waals surface area contributed by atoms with Crippen LogP contribution in [0.5, 0.6) is 5.75 Å². The Balaban J connectivity index is 1.76. The third-order valence-electron chi connectivity index (χ3n) is 3.34. The molecule has 0 radical (unpaired) electrons. The number of rotatable bonds is 6. The molecule has 1 N–H and O–H groups in total. The summed E-state index contributed by atoms with van der Waals surface area (Å²) in [5.41, 5.74) is 0.519. The first kappa shape index (κ1) is 16.4. The molecule has 1 aliphatic carbocycles. The zero-order chi connectivity index (χ0) is 15.9. The highest BCUT2D eigenvalue weighted by Crippen LogP contribution is 2.27. The fraction of sp³-hybridized carbons (Fsp3) is 0.375. The van der Waals surface area contributed by atoms with E-state index in [1.54, 1.807) is 18.2 Å². The molecule has 0 saturated carbocycles. The van der Waals surface area contributed by atoms with Gasteiger partial charge in [0.25, 0.3) is 5.91 Å². The summed E-state index contributed by atoms with van der Waals surface area (Å²) < 4.78 is 10.00. The average Bonchev–Trinajstić information content (AvgIpc) is 2.98. The number of ether oxygens (including phenoxy) is 2. The lowest BCUT2D eigenvalue weighted by Gasteiger charge is -2.10. The van der Waals surface area contributed by atoms with Crippen molar-refractivity contribution in [3.8, 4) is 5.75 Å². The van der Waals surface area contributed by atoms with Gasteiger partial charge in [-0.2, -0.15) is 0 Å². The molecule has 1 aliphatic rings. The van der Waals surface area contributed by atoms with Gasteiger partial charge in [0, 0.05) is 5.69 Å². The van der Waals surface area contributed by atoms with E-state index in [2.05, 4.69) is 11.4 Å². The van der Waals surface area contributed by atoms with Crippen LogP contribution in [0.1, 0.15) is 19.3 Å². The van der Waals surface area contributed by atoms with Crippen LogP contribution in [-0.2, 0) is 14.3 Å². The highest BCUT2D eigenvalue weighted by molar-refractivity contribution is 6.32. The van der Waals surface area contributed by atoms with E-state index in [1.807, 2.05) is 6.08 Å². The quantitative estimate of drug-likeness (QED) is 0.645. The van der Waals surface area contributed by atoms with Gasteiger partial charge in [0.05, 0.1) is 18.6 Å². The van der Waals surface area contributed by atoms with Gasteiger partial charge in [-0.1, -0.05) is 23.8 Å². The molecular formula is C16H18ClNO4. The number of esters is 1. The largest absolute Gasteiger partial charge is 0.495 e. The van der Waals surface area contributed by atoms with Gasteiger partial charge in [-0.15, -0.1) is 0 Å². The standard InChI is InChI=1S/C16H18ClNO4/c1-21-14-7-6-12(9-13(14)17)18-15(19)10-22-16(20)8-11-4-2-3-5-11/h2,4,6-7,9,11H,3,5,8,10H2,1H3,(H,18,19)/t11-/m0/s1. The molecule has 0 saturated heterocycles. The Kier molecular flexibility index (Phi) is 5.83. The summed E-state index contributed by atoms with van der Waals surface area (Å²) in [6.07, 6.45) is 6.35. The number of anilines is 1. The van der Waals surface area contributed by atoms with Gasteiger partial charge < -0.3 is 14.8 Å². The fourth-order valence-corrected chi connectivity index (χ4v) is 2.48. The Morgan fingerprint density at radius 1 is 1.41 bits per heavy atom. The number of amides is 1. The molecule has 0 unspecified atom stereocenters. The van der Waals surface area contributed by atoms with Crippen LogP contribution in [0.2, 0.25) is 5.02 Å². The predicted molar refractivity (Wildman–Crippen MR) is 84.1 cm³/mol. The Morgan fingerprint density at radius 2 is 2.23 bits per heavy atom. The minimum Gasteiger partial charge on any atom is -0.495 e. The molecule has 1 aromatic carbocycles. The third kappa shape index (κ3) is 4.77. The van der Waals surface area contributed by atoms with Crippen molar-refractivity contribution in [3.63, 3.8) is 0 Å². The van der Waals surface area contributed by atoms with E-state index in [1.165, 1.54) is 7.11 Å². The summed E-state index contributed by atoms with van der Waals surface area (Å²) in [7, 11) is 1.51. The summed E-state index contributed by atoms with van der Waals surface area (Å²) in [6.45, 7) is -0.307. The maximum Gasteiger partial charge on any atom is 0.306 e. The summed E-state index contributed by atoms with van der Waals surface area (Å²) in [4.78, 5) is 23.4. The van der Waals surface area contributed by atoms with Crippen molar-refractivity contribution in [3.05, 3.63) is 35.4 Å². The normalized spacial score (nSPS) is 16.4. The molecule has 1 aromatic rings. The summed E-state index contributed by atoms with van der Waals surface area (Å²) in [5, 5.41) is 3.01. The van der Waals surface area contributed by atoms with Crippen LogP contribution < -0.4 is 10.1 Å². The predicted octanol–water partition coefficient (Wildman–Crippen LogP) is 3.19. The summed E-state index contributed by atoms with van der Waals surface area (Å²) in [5.74, 6) is -0.0114. The zero-order valence-electron chi connectivity index (χ0n) is 12.3. The molecule has 0 bridgehead atoms. The summed E-state index contributed by atoms with van der Waals surface area (Å²) >= 11 is 5.97. The number of hydrogen-bond acceptors (Lipinski definition) is 4. The van der Waals surface area contributed by atoms with Crippen LogP contribution in [0.4, 0.5) is 5.69 Å². The van der Waals surface area contributed by atoms with Gasteiger partial charge >= 0.3 is 5.97 Å². The highest BCUT2D eigenvalue weighted by Gasteiger charge is 2.16. The lowest BCUT2D eigenvalue weighted by molar-refractivity contribution is -0.147. The van der Waals surface area contributed by atoms with Crippen molar-refractivity contribution in [1.82, 2.24) is 0 Å². The molecule has 22 heavy (non-hydrogen) atoms. The van der Waals surface area contributed by atoms with E-state index in [9.17, 15) is 9.59 Å². The third-order valence-corrected chi connectivity index (χ3v) is 3.64. The molecule has 0 fully saturated rings. The van der Waals surface area contributed by atoms with Crippen molar-refractivity contribution in [2.75, 3.05) is 19.0 Å². The molecule has 2 rings (SSSR count).